The van der Waals surface area contributed by atoms with Crippen LogP contribution in [0.3, 0.4) is 0 Å². The van der Waals surface area contributed by atoms with E-state index in [0.29, 0.717) is 5.69 Å². The molecule has 0 radical (unpaired) electrons. The Morgan fingerprint density at radius 3 is 2.33 bits per heavy atom. The average molecular weight is 285 g/mol. The summed E-state index contributed by atoms with van der Waals surface area (Å²) in [5.41, 5.74) is 2.23. The lowest BCUT2D eigenvalue weighted by Crippen LogP contribution is -2.31. The number of carboxylic acid groups (broad SMARTS) is 1. The first-order valence-electron chi connectivity index (χ1n) is 6.28. The number of hydrogen-bond acceptors (Lipinski definition) is 3. The first kappa shape index (κ1) is 14.5. The Hall–Kier alpha value is -2.89. The van der Waals surface area contributed by atoms with Crippen molar-refractivity contribution >= 4 is 23.4 Å². The van der Waals surface area contributed by atoms with Gasteiger partial charge in [0.15, 0.2) is 0 Å². The monoisotopic (exact) mass is 285 g/mol. The van der Waals surface area contributed by atoms with Crippen molar-refractivity contribution in [2.75, 3.05) is 17.3 Å². The second-order valence-corrected chi connectivity index (χ2v) is 4.56. The minimum Gasteiger partial charge on any atom is -0.477 e. The number of benzene rings is 1. The zero-order valence-corrected chi connectivity index (χ0v) is 11.7. The van der Waals surface area contributed by atoms with Crippen molar-refractivity contribution in [3.63, 3.8) is 0 Å². The SMILES string of the molecule is Cc1ccc(N(C)C(=O)Nc2ccc(C(=O)O)nc2)cc1. The lowest BCUT2D eigenvalue weighted by Gasteiger charge is -2.18. The number of nitrogens with zero attached hydrogens (tertiary/aromatic N) is 2. The molecule has 0 aliphatic carbocycles. The summed E-state index contributed by atoms with van der Waals surface area (Å²) in [7, 11) is 1.65. The fraction of sp³-hybridized carbons (Fsp3) is 0.133. The predicted octanol–water partition coefficient (Wildman–Crippen LogP) is 2.76. The summed E-state index contributed by atoms with van der Waals surface area (Å²) in [6.45, 7) is 1.97. The lowest BCUT2D eigenvalue weighted by molar-refractivity contribution is 0.0690. The average Bonchev–Trinajstić information content (AvgIpc) is 2.47. The van der Waals surface area contributed by atoms with Crippen LogP contribution in [0.2, 0.25) is 0 Å². The van der Waals surface area contributed by atoms with Gasteiger partial charge in [0.25, 0.3) is 0 Å². The summed E-state index contributed by atoms with van der Waals surface area (Å²) in [4.78, 5) is 28.0. The van der Waals surface area contributed by atoms with E-state index in [1.165, 1.54) is 23.2 Å². The van der Waals surface area contributed by atoms with Crippen LogP contribution in [0.5, 0.6) is 0 Å². The smallest absolute Gasteiger partial charge is 0.354 e. The number of aromatic carboxylic acids is 1. The Kier molecular flexibility index (Phi) is 4.18. The van der Waals surface area contributed by atoms with Gasteiger partial charge in [0, 0.05) is 12.7 Å². The molecule has 0 fully saturated rings. The Morgan fingerprint density at radius 1 is 1.14 bits per heavy atom. The molecule has 2 rings (SSSR count). The van der Waals surface area contributed by atoms with Gasteiger partial charge in [-0.25, -0.2) is 14.6 Å². The Labute approximate surface area is 122 Å². The van der Waals surface area contributed by atoms with Gasteiger partial charge in [-0.05, 0) is 31.2 Å². The van der Waals surface area contributed by atoms with E-state index in [1.807, 2.05) is 31.2 Å². The summed E-state index contributed by atoms with van der Waals surface area (Å²) < 4.78 is 0. The molecule has 0 aliphatic heterocycles. The van der Waals surface area contributed by atoms with Gasteiger partial charge in [-0.1, -0.05) is 17.7 Å². The Bertz CT molecular complexity index is 651. The van der Waals surface area contributed by atoms with Crippen molar-refractivity contribution in [1.82, 2.24) is 4.98 Å². The summed E-state index contributed by atoms with van der Waals surface area (Å²) >= 11 is 0. The quantitative estimate of drug-likeness (QED) is 0.908. The second kappa shape index (κ2) is 6.04. The van der Waals surface area contributed by atoms with Crippen LogP contribution in [-0.4, -0.2) is 29.1 Å². The molecule has 0 spiro atoms. The molecule has 0 atom stereocenters. The van der Waals surface area contributed by atoms with E-state index in [2.05, 4.69) is 10.3 Å². The maximum Gasteiger partial charge on any atom is 0.354 e. The van der Waals surface area contributed by atoms with Gasteiger partial charge < -0.3 is 10.4 Å². The molecule has 0 unspecified atom stereocenters. The van der Waals surface area contributed by atoms with Crippen molar-refractivity contribution < 1.29 is 14.7 Å². The van der Waals surface area contributed by atoms with E-state index in [1.54, 1.807) is 7.05 Å². The van der Waals surface area contributed by atoms with Gasteiger partial charge in [0.05, 0.1) is 11.9 Å². The number of amides is 2. The molecule has 6 nitrogen and oxygen atoms in total. The molecular weight excluding hydrogens is 270 g/mol. The number of urea groups is 1. The summed E-state index contributed by atoms with van der Waals surface area (Å²) in [5.74, 6) is -1.11. The summed E-state index contributed by atoms with van der Waals surface area (Å²) in [6, 6.07) is 10.0. The number of hydrogen-bond donors (Lipinski definition) is 2. The van der Waals surface area contributed by atoms with E-state index in [0.717, 1.165) is 11.3 Å². The fourth-order valence-corrected chi connectivity index (χ4v) is 1.69. The zero-order valence-electron chi connectivity index (χ0n) is 11.7. The largest absolute Gasteiger partial charge is 0.477 e. The van der Waals surface area contributed by atoms with Gasteiger partial charge in [-0.15, -0.1) is 0 Å². The third-order valence-corrected chi connectivity index (χ3v) is 2.96. The Morgan fingerprint density at radius 2 is 1.81 bits per heavy atom. The highest BCUT2D eigenvalue weighted by Gasteiger charge is 2.11. The van der Waals surface area contributed by atoms with Gasteiger partial charge in [-0.2, -0.15) is 0 Å². The molecule has 0 aliphatic rings. The van der Waals surface area contributed by atoms with Crippen LogP contribution >= 0.6 is 0 Å². The van der Waals surface area contributed by atoms with Gasteiger partial charge in [0.2, 0.25) is 0 Å². The number of carboxylic acids is 1. The maximum atomic E-state index is 12.1. The summed E-state index contributed by atoms with van der Waals surface area (Å²) in [6.07, 6.45) is 1.31. The summed E-state index contributed by atoms with van der Waals surface area (Å²) in [5, 5.41) is 11.4. The fourth-order valence-electron chi connectivity index (χ4n) is 1.69. The van der Waals surface area contributed by atoms with Crippen LogP contribution in [0.1, 0.15) is 16.1 Å². The normalized spacial score (nSPS) is 10.0. The molecule has 2 N–H and O–H groups in total. The van der Waals surface area contributed by atoms with Crippen molar-refractivity contribution in [1.29, 1.82) is 0 Å². The van der Waals surface area contributed by atoms with Crippen LogP contribution in [0.4, 0.5) is 16.2 Å². The topological polar surface area (TPSA) is 82.5 Å². The molecular formula is C15H15N3O3. The molecule has 2 aromatic rings. The van der Waals surface area contributed by atoms with Crippen LogP contribution in [0, 0.1) is 6.92 Å². The van der Waals surface area contributed by atoms with Gasteiger partial charge in [0.1, 0.15) is 5.69 Å². The van der Waals surface area contributed by atoms with Crippen molar-refractivity contribution in [3.05, 3.63) is 53.9 Å². The van der Waals surface area contributed by atoms with Crippen LogP contribution in [0.25, 0.3) is 0 Å². The minimum absolute atomic E-state index is 0.0695. The van der Waals surface area contributed by atoms with E-state index in [9.17, 15) is 9.59 Å². The highest BCUT2D eigenvalue weighted by Crippen LogP contribution is 2.15. The van der Waals surface area contributed by atoms with Crippen LogP contribution in [-0.2, 0) is 0 Å². The lowest BCUT2D eigenvalue weighted by atomic mass is 10.2. The van der Waals surface area contributed by atoms with E-state index in [-0.39, 0.29) is 11.7 Å². The molecule has 0 saturated carbocycles. The minimum atomic E-state index is -1.11. The first-order chi connectivity index (χ1) is 9.97. The molecule has 1 aromatic heterocycles. The highest BCUT2D eigenvalue weighted by atomic mass is 16.4. The van der Waals surface area contributed by atoms with E-state index in [4.69, 9.17) is 5.11 Å². The molecule has 1 aromatic carbocycles. The molecule has 0 saturated heterocycles. The van der Waals surface area contributed by atoms with Crippen LogP contribution < -0.4 is 10.2 Å². The number of nitrogens with one attached hydrogen (secondary N) is 1. The van der Waals surface area contributed by atoms with Crippen molar-refractivity contribution in [3.8, 4) is 0 Å². The van der Waals surface area contributed by atoms with Gasteiger partial charge in [-0.3, -0.25) is 4.90 Å². The number of carbonyl (C=O) groups is 2. The first-order valence-corrected chi connectivity index (χ1v) is 6.28. The van der Waals surface area contributed by atoms with Gasteiger partial charge >= 0.3 is 12.0 Å². The molecule has 1 heterocycles. The number of aromatic nitrogens is 1. The molecule has 0 bridgehead atoms. The Balaban J connectivity index is 2.06. The van der Waals surface area contributed by atoms with E-state index >= 15 is 0 Å². The standard InChI is InChI=1S/C15H15N3O3/c1-10-3-6-12(7-4-10)18(2)15(21)17-11-5-8-13(14(19)20)16-9-11/h3-9H,1-2H3,(H,17,21)(H,19,20). The third-order valence-electron chi connectivity index (χ3n) is 2.96. The predicted molar refractivity (Wildman–Crippen MR) is 79.8 cm³/mol. The number of anilines is 2. The maximum absolute atomic E-state index is 12.1. The zero-order chi connectivity index (χ0) is 15.4. The van der Waals surface area contributed by atoms with Crippen molar-refractivity contribution in [2.45, 2.75) is 6.92 Å². The molecule has 108 valence electrons. The molecule has 6 heteroatoms. The number of carbonyl (C=O) groups excluding carboxylic acids is 1. The third kappa shape index (κ3) is 3.56. The van der Waals surface area contributed by atoms with Crippen molar-refractivity contribution in [2.24, 2.45) is 0 Å². The molecule has 2 amide bonds. The van der Waals surface area contributed by atoms with Crippen LogP contribution in [0.15, 0.2) is 42.6 Å². The highest BCUT2D eigenvalue weighted by molar-refractivity contribution is 6.01. The number of rotatable bonds is 3. The van der Waals surface area contributed by atoms with E-state index < -0.39 is 5.97 Å². The number of aryl methyl sites for hydroxylation is 1. The molecule has 21 heavy (non-hydrogen) atoms. The number of pyridine rings is 1. The second-order valence-electron chi connectivity index (χ2n) is 4.56.